The van der Waals surface area contributed by atoms with Gasteiger partial charge in [0.05, 0.1) is 18.7 Å². The lowest BCUT2D eigenvalue weighted by Crippen LogP contribution is -2.45. The minimum absolute atomic E-state index is 0.0384. The molecule has 1 fully saturated rings. The van der Waals surface area contributed by atoms with Crippen LogP contribution in [0, 0.1) is 19.8 Å². The van der Waals surface area contributed by atoms with E-state index in [2.05, 4.69) is 10.6 Å². The number of likely N-dealkylation sites (tertiary alicyclic amines) is 1. The van der Waals surface area contributed by atoms with Crippen molar-refractivity contribution in [3.63, 3.8) is 0 Å². The molecular weight excluding hydrogens is 354 g/mol. The number of hydrogen-bond donors (Lipinski definition) is 2. The number of aryl methyl sites for hydroxylation is 1. The summed E-state index contributed by atoms with van der Waals surface area (Å²) in [7, 11) is 1.57. The maximum absolute atomic E-state index is 12.8. The number of hydrogen-bond acceptors (Lipinski definition) is 3. The first-order valence-corrected chi connectivity index (χ1v) is 9.55. The average Bonchev–Trinajstić information content (AvgIpc) is 2.72. The molecule has 2 aromatic rings. The summed E-state index contributed by atoms with van der Waals surface area (Å²) < 4.78 is 5.28. The Balaban J connectivity index is 1.64. The van der Waals surface area contributed by atoms with Crippen molar-refractivity contribution in [2.45, 2.75) is 26.7 Å². The van der Waals surface area contributed by atoms with E-state index in [0.717, 1.165) is 29.7 Å². The second-order valence-electron chi connectivity index (χ2n) is 7.15. The van der Waals surface area contributed by atoms with Crippen molar-refractivity contribution in [1.29, 1.82) is 0 Å². The zero-order valence-electron chi connectivity index (χ0n) is 16.6. The number of nitrogens with zero attached hydrogens (tertiary/aromatic N) is 1. The van der Waals surface area contributed by atoms with Gasteiger partial charge in [-0.15, -0.1) is 0 Å². The zero-order chi connectivity index (χ0) is 20.1. The van der Waals surface area contributed by atoms with Crippen molar-refractivity contribution in [3.05, 3.63) is 53.6 Å². The monoisotopic (exact) mass is 381 g/mol. The molecule has 28 heavy (non-hydrogen) atoms. The number of carbonyl (C=O) groups excluding carboxylic acids is 2. The number of amides is 3. The normalized spacial score (nSPS) is 16.4. The lowest BCUT2D eigenvalue weighted by Gasteiger charge is -2.32. The molecule has 1 saturated heterocycles. The first-order valence-electron chi connectivity index (χ1n) is 9.55. The summed E-state index contributed by atoms with van der Waals surface area (Å²) in [6.07, 6.45) is 1.57. The molecule has 0 bridgehead atoms. The lowest BCUT2D eigenvalue weighted by atomic mass is 9.97. The molecule has 3 amide bonds. The Morgan fingerprint density at radius 3 is 2.57 bits per heavy atom. The summed E-state index contributed by atoms with van der Waals surface area (Å²) in [6.45, 7) is 5.06. The number of rotatable bonds is 4. The van der Waals surface area contributed by atoms with Crippen molar-refractivity contribution < 1.29 is 14.3 Å². The molecule has 148 valence electrons. The maximum atomic E-state index is 12.8. The first kappa shape index (κ1) is 19.7. The SMILES string of the molecule is COc1ccccc1NC(=O)N1CCC[C@H](C(=O)Nc2cccc(C)c2C)C1. The Labute approximate surface area is 165 Å². The zero-order valence-corrected chi connectivity index (χ0v) is 16.6. The largest absolute Gasteiger partial charge is 0.495 e. The molecule has 2 aromatic carbocycles. The highest BCUT2D eigenvalue weighted by Crippen LogP contribution is 2.25. The van der Waals surface area contributed by atoms with Crippen LogP contribution in [-0.2, 0) is 4.79 Å². The number of carbonyl (C=O) groups is 2. The molecule has 6 heteroatoms. The fraction of sp³-hybridized carbons (Fsp3) is 0.364. The molecule has 0 saturated carbocycles. The van der Waals surface area contributed by atoms with E-state index < -0.39 is 0 Å². The van der Waals surface area contributed by atoms with Crippen LogP contribution in [0.25, 0.3) is 0 Å². The maximum Gasteiger partial charge on any atom is 0.321 e. The predicted octanol–water partition coefficient (Wildman–Crippen LogP) is 4.19. The average molecular weight is 381 g/mol. The molecule has 1 aliphatic heterocycles. The van der Waals surface area contributed by atoms with Crippen molar-refractivity contribution in [1.82, 2.24) is 4.90 Å². The molecule has 0 unspecified atom stereocenters. The van der Waals surface area contributed by atoms with Gasteiger partial charge in [-0.3, -0.25) is 4.79 Å². The first-order chi connectivity index (χ1) is 13.5. The van der Waals surface area contributed by atoms with Crippen LogP contribution in [0.4, 0.5) is 16.2 Å². The summed E-state index contributed by atoms with van der Waals surface area (Å²) in [5, 5.41) is 5.92. The fourth-order valence-corrected chi connectivity index (χ4v) is 3.44. The molecular formula is C22H27N3O3. The van der Waals surface area contributed by atoms with Gasteiger partial charge >= 0.3 is 6.03 Å². The highest BCUT2D eigenvalue weighted by molar-refractivity contribution is 5.95. The number of ether oxygens (including phenoxy) is 1. The van der Waals surface area contributed by atoms with Crippen molar-refractivity contribution in [3.8, 4) is 5.75 Å². The van der Waals surface area contributed by atoms with E-state index in [1.807, 2.05) is 44.2 Å². The van der Waals surface area contributed by atoms with Gasteiger partial charge in [0.25, 0.3) is 0 Å². The van der Waals surface area contributed by atoms with E-state index in [1.54, 1.807) is 24.1 Å². The topological polar surface area (TPSA) is 70.7 Å². The smallest absolute Gasteiger partial charge is 0.321 e. The summed E-state index contributed by atoms with van der Waals surface area (Å²) >= 11 is 0. The van der Waals surface area contributed by atoms with Crippen LogP contribution in [0.5, 0.6) is 5.75 Å². The number of piperidine rings is 1. The molecule has 0 radical (unpaired) electrons. The Morgan fingerprint density at radius 2 is 1.79 bits per heavy atom. The van der Waals surface area contributed by atoms with Gasteiger partial charge in [-0.25, -0.2) is 4.79 Å². The van der Waals surface area contributed by atoms with Crippen molar-refractivity contribution in [2.75, 3.05) is 30.8 Å². The second kappa shape index (κ2) is 8.78. The van der Waals surface area contributed by atoms with Gasteiger partial charge < -0.3 is 20.3 Å². The van der Waals surface area contributed by atoms with Crippen LogP contribution >= 0.6 is 0 Å². The van der Waals surface area contributed by atoms with Gasteiger partial charge in [0, 0.05) is 18.8 Å². The Kier molecular flexibility index (Phi) is 6.19. The highest BCUT2D eigenvalue weighted by Gasteiger charge is 2.29. The van der Waals surface area contributed by atoms with E-state index >= 15 is 0 Å². The molecule has 1 atom stereocenters. The van der Waals surface area contributed by atoms with Crippen LogP contribution < -0.4 is 15.4 Å². The number of urea groups is 1. The number of para-hydroxylation sites is 2. The lowest BCUT2D eigenvalue weighted by molar-refractivity contribution is -0.121. The van der Waals surface area contributed by atoms with E-state index in [4.69, 9.17) is 4.74 Å². The molecule has 3 rings (SSSR count). The van der Waals surface area contributed by atoms with Crippen LogP contribution in [-0.4, -0.2) is 37.0 Å². The van der Waals surface area contributed by atoms with Crippen LogP contribution in [0.3, 0.4) is 0 Å². The van der Waals surface area contributed by atoms with Crippen LogP contribution in [0.1, 0.15) is 24.0 Å². The molecule has 0 spiro atoms. The number of methoxy groups -OCH3 is 1. The van der Waals surface area contributed by atoms with E-state index in [0.29, 0.717) is 24.5 Å². The number of anilines is 2. The summed E-state index contributed by atoms with van der Waals surface area (Å²) in [4.78, 5) is 27.2. The van der Waals surface area contributed by atoms with Crippen LogP contribution in [0.2, 0.25) is 0 Å². The van der Waals surface area contributed by atoms with Crippen molar-refractivity contribution in [2.24, 2.45) is 5.92 Å². The molecule has 0 aliphatic carbocycles. The van der Waals surface area contributed by atoms with Gasteiger partial charge in [0.1, 0.15) is 5.75 Å². The summed E-state index contributed by atoms with van der Waals surface area (Å²) in [6, 6.07) is 12.9. The third kappa shape index (κ3) is 4.44. The molecule has 0 aromatic heterocycles. The van der Waals surface area contributed by atoms with Gasteiger partial charge in [-0.2, -0.15) is 0 Å². The number of nitrogens with one attached hydrogen (secondary N) is 2. The van der Waals surface area contributed by atoms with E-state index in [-0.39, 0.29) is 17.9 Å². The third-order valence-electron chi connectivity index (χ3n) is 5.29. The fourth-order valence-electron chi connectivity index (χ4n) is 3.44. The van der Waals surface area contributed by atoms with Crippen molar-refractivity contribution >= 4 is 23.3 Å². The number of benzene rings is 2. The predicted molar refractivity (Wildman–Crippen MR) is 111 cm³/mol. The Bertz CT molecular complexity index is 866. The van der Waals surface area contributed by atoms with Gasteiger partial charge in [-0.1, -0.05) is 24.3 Å². The second-order valence-corrected chi connectivity index (χ2v) is 7.15. The Morgan fingerprint density at radius 1 is 1.04 bits per heavy atom. The summed E-state index contributed by atoms with van der Waals surface area (Å²) in [5.41, 5.74) is 3.66. The van der Waals surface area contributed by atoms with Gasteiger partial charge in [0.2, 0.25) is 5.91 Å². The molecule has 1 heterocycles. The Hall–Kier alpha value is -3.02. The molecule has 1 aliphatic rings. The van der Waals surface area contributed by atoms with Gasteiger partial charge in [0.15, 0.2) is 0 Å². The molecule has 2 N–H and O–H groups in total. The summed E-state index contributed by atoms with van der Waals surface area (Å²) in [5.74, 6) is 0.345. The van der Waals surface area contributed by atoms with Gasteiger partial charge in [-0.05, 0) is 56.0 Å². The quantitative estimate of drug-likeness (QED) is 0.834. The molecule has 6 nitrogen and oxygen atoms in total. The van der Waals surface area contributed by atoms with E-state index in [9.17, 15) is 9.59 Å². The highest BCUT2D eigenvalue weighted by atomic mass is 16.5. The minimum Gasteiger partial charge on any atom is -0.495 e. The third-order valence-corrected chi connectivity index (χ3v) is 5.29. The van der Waals surface area contributed by atoms with E-state index in [1.165, 1.54) is 0 Å². The standard InChI is InChI=1S/C22H27N3O3/c1-15-8-6-11-18(16(15)2)23-21(26)17-9-7-13-25(14-17)22(27)24-19-10-4-5-12-20(19)28-3/h4-6,8,10-12,17H,7,9,13-14H2,1-3H3,(H,23,26)(H,24,27)/t17-/m0/s1. The van der Waals surface area contributed by atoms with Crippen LogP contribution in [0.15, 0.2) is 42.5 Å². The minimum atomic E-state index is -0.225.